The summed E-state index contributed by atoms with van der Waals surface area (Å²) in [5.41, 5.74) is 13.1. The summed E-state index contributed by atoms with van der Waals surface area (Å²) in [7, 11) is 0. The Kier molecular flexibility index (Phi) is 4.35. The fourth-order valence-corrected chi connectivity index (χ4v) is 8.76. The van der Waals surface area contributed by atoms with Gasteiger partial charge in [-0.25, -0.2) is 0 Å². The quantitative estimate of drug-likeness (QED) is 0.201. The first-order chi connectivity index (χ1) is 20.8. The van der Waals surface area contributed by atoms with Crippen LogP contribution in [0.2, 0.25) is 0 Å². The second-order valence-electron chi connectivity index (χ2n) is 11.2. The maximum Gasteiger partial charge on any atom is 0.140 e. The van der Waals surface area contributed by atoms with E-state index < -0.39 is 5.41 Å². The summed E-state index contributed by atoms with van der Waals surface area (Å²) in [5, 5.41) is 1.19. The third kappa shape index (κ3) is 2.68. The van der Waals surface area contributed by atoms with Gasteiger partial charge in [0, 0.05) is 32.0 Å². The van der Waals surface area contributed by atoms with Crippen LogP contribution in [0.25, 0.3) is 33.4 Å². The van der Waals surface area contributed by atoms with E-state index in [2.05, 4.69) is 144 Å². The Morgan fingerprint density at radius 3 is 1.90 bits per heavy atom. The molecule has 6 aromatic carbocycles. The lowest BCUT2D eigenvalue weighted by atomic mass is 9.70. The Hall–Kier alpha value is -4.99. The maximum atomic E-state index is 6.64. The summed E-state index contributed by atoms with van der Waals surface area (Å²) in [5.74, 6) is 0.995. The molecule has 42 heavy (non-hydrogen) atoms. The van der Waals surface area contributed by atoms with Crippen molar-refractivity contribution in [2.24, 2.45) is 0 Å². The Balaban J connectivity index is 1.29. The Morgan fingerprint density at radius 1 is 0.524 bits per heavy atom. The first kappa shape index (κ1) is 22.7. The smallest absolute Gasteiger partial charge is 0.140 e. The van der Waals surface area contributed by atoms with Crippen molar-refractivity contribution in [2.45, 2.75) is 15.2 Å². The largest absolute Gasteiger partial charge is 0.456 e. The van der Waals surface area contributed by atoms with Gasteiger partial charge >= 0.3 is 0 Å². The molecule has 1 aromatic heterocycles. The summed E-state index contributed by atoms with van der Waals surface area (Å²) in [6.45, 7) is 0. The van der Waals surface area contributed by atoms with Crippen LogP contribution in [0.1, 0.15) is 22.3 Å². The molecule has 0 amide bonds. The van der Waals surface area contributed by atoms with E-state index in [1.165, 1.54) is 71.2 Å². The highest BCUT2D eigenvalue weighted by atomic mass is 32.2. The van der Waals surface area contributed by atoms with Crippen molar-refractivity contribution in [3.05, 3.63) is 162 Å². The number of rotatable bonds is 1. The number of anilines is 3. The molecule has 2 aliphatic carbocycles. The molecule has 196 valence electrons. The average molecular weight is 554 g/mol. The third-order valence-electron chi connectivity index (χ3n) is 9.27. The molecule has 2 heterocycles. The molecule has 2 nitrogen and oxygen atoms in total. The molecule has 0 bridgehead atoms. The second kappa shape index (κ2) is 8.06. The molecule has 10 rings (SSSR count). The van der Waals surface area contributed by atoms with Crippen molar-refractivity contribution in [3.8, 4) is 22.5 Å². The van der Waals surface area contributed by atoms with E-state index in [9.17, 15) is 0 Å². The van der Waals surface area contributed by atoms with Gasteiger partial charge in [0.1, 0.15) is 11.3 Å². The highest BCUT2D eigenvalue weighted by Crippen LogP contribution is 2.65. The second-order valence-corrected chi connectivity index (χ2v) is 12.3. The molecule has 7 aromatic rings. The zero-order valence-electron chi connectivity index (χ0n) is 22.5. The molecule has 1 spiro atoms. The molecule has 1 atom stereocenters. The highest BCUT2D eigenvalue weighted by molar-refractivity contribution is 7.99. The van der Waals surface area contributed by atoms with Crippen molar-refractivity contribution >= 4 is 39.8 Å². The number of hydrogen-bond acceptors (Lipinski definition) is 3. The van der Waals surface area contributed by atoms with Gasteiger partial charge in [-0.15, -0.1) is 0 Å². The molecule has 0 saturated heterocycles. The lowest BCUT2D eigenvalue weighted by molar-refractivity contribution is 0.628. The van der Waals surface area contributed by atoms with Gasteiger partial charge in [-0.05, 0) is 70.3 Å². The Morgan fingerprint density at radius 2 is 1.12 bits per heavy atom. The van der Waals surface area contributed by atoms with Gasteiger partial charge in [-0.1, -0.05) is 109 Å². The number of para-hydroxylation sites is 3. The number of fused-ring (bicyclic) bond motifs is 14. The van der Waals surface area contributed by atoms with E-state index in [1.807, 2.05) is 11.8 Å². The fraction of sp³-hybridized carbons (Fsp3) is 0.0256. The van der Waals surface area contributed by atoms with E-state index in [0.717, 1.165) is 11.3 Å². The summed E-state index contributed by atoms with van der Waals surface area (Å²) in [6, 6.07) is 50.9. The van der Waals surface area contributed by atoms with E-state index in [1.54, 1.807) is 0 Å². The monoisotopic (exact) mass is 553 g/mol. The predicted molar refractivity (Wildman–Crippen MR) is 171 cm³/mol. The van der Waals surface area contributed by atoms with Crippen LogP contribution >= 0.6 is 11.8 Å². The SMILES string of the molecule is c1ccc2c(c1)Sc1ccccc1N2c1ccc2c(c1)-c1ccccc1C21c2ccccc2-c2oc3ccccc3c21. The number of nitrogens with zero attached hydrogens (tertiary/aromatic N) is 1. The lowest BCUT2D eigenvalue weighted by Crippen LogP contribution is -2.25. The molecule has 0 fully saturated rings. The lowest BCUT2D eigenvalue weighted by Gasteiger charge is -2.33. The van der Waals surface area contributed by atoms with Crippen LogP contribution in [0.4, 0.5) is 17.1 Å². The summed E-state index contributed by atoms with van der Waals surface area (Å²) in [4.78, 5) is 4.97. The van der Waals surface area contributed by atoms with Crippen molar-refractivity contribution in [3.63, 3.8) is 0 Å². The molecule has 0 saturated carbocycles. The van der Waals surface area contributed by atoms with Crippen molar-refractivity contribution in [2.75, 3.05) is 4.90 Å². The molecule has 1 aliphatic heterocycles. The zero-order valence-corrected chi connectivity index (χ0v) is 23.4. The standard InChI is InChI=1S/C39H23NOS/c1-4-14-29-25(11-1)28-23-24(40-32-16-6-9-19-35(32)42-36-20-10-7-17-33(36)40)21-22-31(28)39(29)30-15-5-2-12-26(30)38-37(39)27-13-3-8-18-34(27)41-38/h1-23H. The molecular weight excluding hydrogens is 531 g/mol. The molecule has 0 N–H and O–H groups in total. The van der Waals surface area contributed by atoms with Gasteiger partial charge in [-0.2, -0.15) is 0 Å². The van der Waals surface area contributed by atoms with Gasteiger partial charge < -0.3 is 9.32 Å². The van der Waals surface area contributed by atoms with Crippen LogP contribution in [0.3, 0.4) is 0 Å². The molecule has 0 radical (unpaired) electrons. The zero-order chi connectivity index (χ0) is 27.4. The van der Waals surface area contributed by atoms with Crippen molar-refractivity contribution in [1.82, 2.24) is 0 Å². The summed E-state index contributed by atoms with van der Waals surface area (Å²) >= 11 is 1.84. The predicted octanol–water partition coefficient (Wildman–Crippen LogP) is 10.7. The summed E-state index contributed by atoms with van der Waals surface area (Å²) in [6.07, 6.45) is 0. The number of furan rings is 1. The number of benzene rings is 6. The van der Waals surface area contributed by atoms with Crippen LogP contribution in [-0.4, -0.2) is 0 Å². The molecule has 1 unspecified atom stereocenters. The number of hydrogen-bond donors (Lipinski definition) is 0. The molecule has 3 aliphatic rings. The van der Waals surface area contributed by atoms with Gasteiger partial charge in [0.25, 0.3) is 0 Å². The van der Waals surface area contributed by atoms with Gasteiger partial charge in [0.15, 0.2) is 0 Å². The maximum absolute atomic E-state index is 6.64. The minimum atomic E-state index is -0.434. The third-order valence-corrected chi connectivity index (χ3v) is 10.4. The fourth-order valence-electron chi connectivity index (χ4n) is 7.70. The van der Waals surface area contributed by atoms with Gasteiger partial charge in [-0.3, -0.25) is 0 Å². The molecule has 3 heteroatoms. The van der Waals surface area contributed by atoms with E-state index in [4.69, 9.17) is 4.42 Å². The van der Waals surface area contributed by atoms with Crippen LogP contribution < -0.4 is 4.90 Å². The minimum Gasteiger partial charge on any atom is -0.456 e. The van der Waals surface area contributed by atoms with Crippen LogP contribution in [-0.2, 0) is 5.41 Å². The average Bonchev–Trinajstić information content (AvgIpc) is 3.67. The van der Waals surface area contributed by atoms with E-state index >= 15 is 0 Å². The van der Waals surface area contributed by atoms with Gasteiger partial charge in [0.2, 0.25) is 0 Å². The summed E-state index contributed by atoms with van der Waals surface area (Å²) < 4.78 is 6.64. The molecular formula is C39H23NOS. The van der Waals surface area contributed by atoms with Gasteiger partial charge in [0.05, 0.1) is 16.8 Å². The van der Waals surface area contributed by atoms with Crippen LogP contribution in [0, 0.1) is 0 Å². The topological polar surface area (TPSA) is 16.4 Å². The van der Waals surface area contributed by atoms with Crippen LogP contribution in [0.15, 0.2) is 154 Å². The van der Waals surface area contributed by atoms with Crippen LogP contribution in [0.5, 0.6) is 0 Å². The minimum absolute atomic E-state index is 0.434. The first-order valence-corrected chi connectivity index (χ1v) is 15.2. The highest BCUT2D eigenvalue weighted by Gasteiger charge is 2.54. The van der Waals surface area contributed by atoms with E-state index in [-0.39, 0.29) is 0 Å². The normalized spacial score (nSPS) is 17.0. The van der Waals surface area contributed by atoms with E-state index in [0.29, 0.717) is 0 Å². The van der Waals surface area contributed by atoms with Crippen molar-refractivity contribution < 1.29 is 4.42 Å². The van der Waals surface area contributed by atoms with Crippen molar-refractivity contribution in [1.29, 1.82) is 0 Å². The Bertz CT molecular complexity index is 2220. The Labute approximate surface area is 247 Å². The first-order valence-electron chi connectivity index (χ1n) is 14.4.